The number of halogens is 7. The summed E-state index contributed by atoms with van der Waals surface area (Å²) in [5.41, 5.74) is -1.77. The Hall–Kier alpha value is -4.14. The predicted octanol–water partition coefficient (Wildman–Crippen LogP) is 4.93. The van der Waals surface area contributed by atoms with Crippen LogP contribution in [0.15, 0.2) is 57.8 Å². The number of rotatable bonds is 8. The first-order valence-corrected chi connectivity index (χ1v) is 11.9. The van der Waals surface area contributed by atoms with Crippen molar-refractivity contribution >= 4 is 17.5 Å². The topological polar surface area (TPSA) is 108 Å². The van der Waals surface area contributed by atoms with E-state index in [0.717, 1.165) is 22.8 Å². The molecule has 0 bridgehead atoms. The van der Waals surface area contributed by atoms with E-state index in [4.69, 9.17) is 16.1 Å². The van der Waals surface area contributed by atoms with E-state index >= 15 is 0 Å². The average Bonchev–Trinajstić information content (AvgIpc) is 3.43. The lowest BCUT2D eigenvalue weighted by atomic mass is 10.0. The lowest BCUT2D eigenvalue weighted by Crippen LogP contribution is -2.36. The Morgan fingerprint density at radius 1 is 1.10 bits per heavy atom. The van der Waals surface area contributed by atoms with Gasteiger partial charge in [0.2, 0.25) is 5.91 Å². The maximum absolute atomic E-state index is 13.3. The van der Waals surface area contributed by atoms with Crippen molar-refractivity contribution in [2.75, 3.05) is 0 Å². The summed E-state index contributed by atoms with van der Waals surface area (Å²) in [5.74, 6) is -1.13. The number of carbonyl (C=O) groups excluding carboxylic acids is 1. The molecular weight excluding hydrogens is 570 g/mol. The highest BCUT2D eigenvalue weighted by Gasteiger charge is 2.33. The van der Waals surface area contributed by atoms with Gasteiger partial charge in [-0.25, -0.2) is 9.48 Å². The number of benzene rings is 2. The standard InChI is InChI=1S/C24H19ClF6N6O3/c1-13-32-21(40-35-13)19(15-3-2-4-16(11-15)24(29,30)31)33-18(38)12-37-22(39)36(10-9-23(26,27)28)20(34-37)14-5-7-17(25)8-6-14/h2-8,11,19H,9-10,12H2,1H3,(H,33,38). The number of alkyl halides is 6. The van der Waals surface area contributed by atoms with Crippen LogP contribution in [0.1, 0.15) is 35.3 Å². The maximum atomic E-state index is 13.3. The number of hydrogen-bond acceptors (Lipinski definition) is 6. The Labute approximate surface area is 226 Å². The molecule has 4 rings (SSSR count). The molecule has 9 nitrogen and oxygen atoms in total. The molecule has 1 unspecified atom stereocenters. The minimum absolute atomic E-state index is 0.0447. The second kappa shape index (κ2) is 11.2. The van der Waals surface area contributed by atoms with Gasteiger partial charge in [-0.15, -0.1) is 5.10 Å². The quantitative estimate of drug-likeness (QED) is 0.292. The molecule has 0 aliphatic rings. The van der Waals surface area contributed by atoms with Crippen molar-refractivity contribution in [2.24, 2.45) is 0 Å². The van der Waals surface area contributed by atoms with Crippen molar-refractivity contribution in [3.05, 3.63) is 86.9 Å². The first-order valence-electron chi connectivity index (χ1n) is 11.5. The molecule has 0 saturated carbocycles. The van der Waals surface area contributed by atoms with Crippen molar-refractivity contribution in [3.63, 3.8) is 0 Å². The van der Waals surface area contributed by atoms with Gasteiger partial charge in [-0.3, -0.25) is 9.36 Å². The molecule has 40 heavy (non-hydrogen) atoms. The molecule has 0 radical (unpaired) electrons. The van der Waals surface area contributed by atoms with Crippen molar-refractivity contribution in [3.8, 4) is 11.4 Å². The SMILES string of the molecule is Cc1noc(C(NC(=O)Cn2nc(-c3ccc(Cl)cc3)n(CCC(F)(F)F)c2=O)c2cccc(C(F)(F)F)c2)n1. The smallest absolute Gasteiger partial charge is 0.339 e. The fourth-order valence-corrected chi connectivity index (χ4v) is 3.88. The first kappa shape index (κ1) is 28.9. The minimum Gasteiger partial charge on any atom is -0.339 e. The molecule has 2 heterocycles. The lowest BCUT2D eigenvalue weighted by molar-refractivity contribution is -0.138. The van der Waals surface area contributed by atoms with Crippen LogP contribution in [0.4, 0.5) is 26.3 Å². The van der Waals surface area contributed by atoms with Crippen LogP contribution in [-0.4, -0.2) is 36.6 Å². The molecule has 1 amide bonds. The van der Waals surface area contributed by atoms with Gasteiger partial charge >= 0.3 is 18.0 Å². The van der Waals surface area contributed by atoms with Crippen LogP contribution in [0, 0.1) is 6.92 Å². The Kier molecular flexibility index (Phi) is 8.05. The number of aryl methyl sites for hydroxylation is 1. The zero-order valence-corrected chi connectivity index (χ0v) is 21.2. The molecule has 212 valence electrons. The van der Waals surface area contributed by atoms with E-state index in [1.54, 1.807) is 0 Å². The fourth-order valence-electron chi connectivity index (χ4n) is 3.75. The summed E-state index contributed by atoms with van der Waals surface area (Å²) in [6.45, 7) is -0.0828. The molecule has 2 aromatic heterocycles. The molecule has 0 aliphatic carbocycles. The van der Waals surface area contributed by atoms with Crippen LogP contribution in [0.25, 0.3) is 11.4 Å². The van der Waals surface area contributed by atoms with Crippen molar-refractivity contribution in [2.45, 2.75) is 44.8 Å². The van der Waals surface area contributed by atoms with Gasteiger partial charge in [0.25, 0.3) is 5.89 Å². The average molecular weight is 589 g/mol. The largest absolute Gasteiger partial charge is 0.416 e. The number of nitrogens with zero attached hydrogens (tertiary/aromatic N) is 5. The molecule has 0 spiro atoms. The zero-order valence-electron chi connectivity index (χ0n) is 20.4. The van der Waals surface area contributed by atoms with E-state index in [1.807, 2.05) is 0 Å². The molecule has 0 aliphatic heterocycles. The van der Waals surface area contributed by atoms with Gasteiger partial charge in [0.05, 0.1) is 12.0 Å². The Morgan fingerprint density at radius 3 is 2.40 bits per heavy atom. The molecule has 0 saturated heterocycles. The summed E-state index contributed by atoms with van der Waals surface area (Å²) in [5, 5.41) is 10.4. The van der Waals surface area contributed by atoms with Crippen LogP contribution < -0.4 is 11.0 Å². The third-order valence-corrected chi connectivity index (χ3v) is 5.83. The summed E-state index contributed by atoms with van der Waals surface area (Å²) in [6, 6.07) is 8.52. The van der Waals surface area contributed by atoms with Gasteiger partial charge in [0.1, 0.15) is 12.6 Å². The Balaban J connectivity index is 1.66. The van der Waals surface area contributed by atoms with E-state index in [9.17, 15) is 35.9 Å². The number of carbonyl (C=O) groups is 1. The summed E-state index contributed by atoms with van der Waals surface area (Å²) >= 11 is 5.88. The van der Waals surface area contributed by atoms with E-state index in [0.29, 0.717) is 9.70 Å². The maximum Gasteiger partial charge on any atom is 0.416 e. The van der Waals surface area contributed by atoms with Gasteiger partial charge in [-0.1, -0.05) is 28.9 Å². The summed E-state index contributed by atoms with van der Waals surface area (Å²) in [6.07, 6.45) is -10.6. The van der Waals surface area contributed by atoms with Crippen molar-refractivity contribution in [1.82, 2.24) is 29.8 Å². The monoisotopic (exact) mass is 588 g/mol. The number of amides is 1. The molecule has 16 heteroatoms. The van der Waals surface area contributed by atoms with E-state index in [-0.39, 0.29) is 28.7 Å². The Morgan fingerprint density at radius 2 is 1.80 bits per heavy atom. The van der Waals surface area contributed by atoms with Crippen LogP contribution in [-0.2, 0) is 24.1 Å². The van der Waals surface area contributed by atoms with Crippen molar-refractivity contribution in [1.29, 1.82) is 0 Å². The van der Waals surface area contributed by atoms with Crippen LogP contribution in [0.5, 0.6) is 0 Å². The molecule has 1 N–H and O–H groups in total. The first-order chi connectivity index (χ1) is 18.7. The molecule has 4 aromatic rings. The van der Waals surface area contributed by atoms with E-state index in [1.165, 1.54) is 37.3 Å². The fraction of sp³-hybridized carbons (Fsp3) is 0.292. The summed E-state index contributed by atoms with van der Waals surface area (Å²) in [7, 11) is 0. The third kappa shape index (κ3) is 6.89. The minimum atomic E-state index is -4.68. The van der Waals surface area contributed by atoms with Crippen LogP contribution in [0.2, 0.25) is 5.02 Å². The second-order valence-corrected chi connectivity index (χ2v) is 9.03. The van der Waals surface area contributed by atoms with Gasteiger partial charge in [0.15, 0.2) is 11.6 Å². The van der Waals surface area contributed by atoms with Gasteiger partial charge < -0.3 is 9.84 Å². The number of hydrogen-bond donors (Lipinski definition) is 1. The third-order valence-electron chi connectivity index (χ3n) is 5.58. The lowest BCUT2D eigenvalue weighted by Gasteiger charge is -2.17. The second-order valence-electron chi connectivity index (χ2n) is 8.59. The highest BCUT2D eigenvalue weighted by molar-refractivity contribution is 6.30. The summed E-state index contributed by atoms with van der Waals surface area (Å²) < 4.78 is 85.2. The van der Waals surface area contributed by atoms with Gasteiger partial charge in [0, 0.05) is 17.1 Å². The van der Waals surface area contributed by atoms with E-state index < -0.39 is 55.1 Å². The van der Waals surface area contributed by atoms with Crippen LogP contribution >= 0.6 is 11.6 Å². The molecule has 0 fully saturated rings. The van der Waals surface area contributed by atoms with Gasteiger partial charge in [-0.05, 0) is 48.9 Å². The number of aromatic nitrogens is 5. The Bertz CT molecular complexity index is 1560. The zero-order chi connectivity index (χ0) is 29.2. The molecule has 2 aromatic carbocycles. The number of nitrogens with one attached hydrogen (secondary N) is 1. The highest BCUT2D eigenvalue weighted by Crippen LogP contribution is 2.32. The predicted molar refractivity (Wildman–Crippen MR) is 128 cm³/mol. The molecular formula is C24H19ClF6N6O3. The van der Waals surface area contributed by atoms with Gasteiger partial charge in [-0.2, -0.15) is 31.3 Å². The molecule has 1 atom stereocenters. The summed E-state index contributed by atoms with van der Waals surface area (Å²) in [4.78, 5) is 30.0. The van der Waals surface area contributed by atoms with E-state index in [2.05, 4.69) is 20.6 Å². The normalized spacial score (nSPS) is 12.9. The van der Waals surface area contributed by atoms with Crippen molar-refractivity contribution < 1.29 is 35.7 Å². The van der Waals surface area contributed by atoms with Crippen LogP contribution in [0.3, 0.4) is 0 Å². The highest BCUT2D eigenvalue weighted by atomic mass is 35.5.